The molecule has 4 fully saturated rings. The molecule has 400 valence electrons. The van der Waals surface area contributed by atoms with E-state index in [1.165, 1.54) is 58.4 Å². The van der Waals surface area contributed by atoms with Crippen LogP contribution in [-0.4, -0.2) is 108 Å². The minimum Gasteiger partial charge on any atom is -0.444 e. The number of hydrogen-bond acceptors (Lipinski definition) is 11. The maximum Gasteiger partial charge on any atom is 0.412 e. The van der Waals surface area contributed by atoms with Gasteiger partial charge in [0, 0.05) is 131 Å². The van der Waals surface area contributed by atoms with E-state index in [0.717, 1.165) is 117 Å². The highest BCUT2D eigenvalue weighted by Gasteiger charge is 2.30. The largest absolute Gasteiger partial charge is 0.444 e. The monoisotopic (exact) mass is 1070 g/mol. The number of ether oxygens (including phenoxy) is 3. The van der Waals surface area contributed by atoms with Crippen molar-refractivity contribution in [1.29, 1.82) is 0 Å². The second-order valence-electron chi connectivity index (χ2n) is 22.0. The summed E-state index contributed by atoms with van der Waals surface area (Å²) in [5.41, 5.74) is 17.3. The summed E-state index contributed by atoms with van der Waals surface area (Å²) in [5, 5.41) is 9.25. The standard InChI is InChI=1S/C34H39N3O4S.C29H31N3O2S/c1-34(2,3)41-33(39)35-28-10-8-25(32-5-4-18-42-32)20-26(28)22-31(38)24-9-11-29-27(19-24)21-30(23-6-7-23)37(29)13-12-36-14-16-40-17-15-36;30-25-7-5-22(29-2-1-15-35-29)17-23(25)19-28(33)21-6-8-26-24(16-21)18-27(20-3-4-20)32(26)10-9-31-11-13-34-14-12-31/h4-5,8-11,18-21,23H,6-7,12-17,22H2,1-3H3,(H,35,39);1-2,5-8,15-18,20H,3-4,9-14,19,30H2. The molecule has 4 aromatic carbocycles. The van der Waals surface area contributed by atoms with Crippen molar-refractivity contribution in [2.24, 2.45) is 0 Å². The topological polar surface area (TPSA) is 133 Å². The highest BCUT2D eigenvalue weighted by atomic mass is 32.1. The third-order valence-electron chi connectivity index (χ3n) is 15.2. The van der Waals surface area contributed by atoms with Crippen LogP contribution in [-0.2, 0) is 40.1 Å². The number of hydrogen-bond donors (Lipinski definition) is 2. The van der Waals surface area contributed by atoms with Gasteiger partial charge in [0.25, 0.3) is 0 Å². The second-order valence-corrected chi connectivity index (χ2v) is 23.9. The molecule has 3 N–H and O–H groups in total. The van der Waals surface area contributed by atoms with E-state index >= 15 is 0 Å². The number of nitrogen functional groups attached to an aromatic ring is 1. The fourth-order valence-corrected chi connectivity index (χ4v) is 12.2. The van der Waals surface area contributed by atoms with E-state index in [1.807, 2.05) is 86.8 Å². The Kier molecular flexibility index (Phi) is 15.9. The lowest BCUT2D eigenvalue weighted by molar-refractivity contribution is 0.0364. The zero-order chi connectivity index (χ0) is 53.0. The molecule has 77 heavy (non-hydrogen) atoms. The van der Waals surface area contributed by atoms with Gasteiger partial charge in [-0.15, -0.1) is 22.7 Å². The van der Waals surface area contributed by atoms with Gasteiger partial charge in [0.15, 0.2) is 11.6 Å². The van der Waals surface area contributed by atoms with Crippen molar-refractivity contribution >= 4 is 73.5 Å². The van der Waals surface area contributed by atoms with Crippen LogP contribution in [0.2, 0.25) is 0 Å². The highest BCUT2D eigenvalue weighted by Crippen LogP contribution is 2.44. The van der Waals surface area contributed by atoms with Crippen LogP contribution < -0.4 is 11.1 Å². The molecule has 0 spiro atoms. The first-order chi connectivity index (χ1) is 37.4. The zero-order valence-corrected chi connectivity index (χ0v) is 46.2. The molecule has 2 aliphatic carbocycles. The van der Waals surface area contributed by atoms with Crippen LogP contribution in [0.3, 0.4) is 0 Å². The Hall–Kier alpha value is -6.39. The number of nitrogens with one attached hydrogen (secondary N) is 1. The van der Waals surface area contributed by atoms with Crippen LogP contribution in [0.5, 0.6) is 0 Å². The molecule has 2 saturated carbocycles. The first kappa shape index (κ1) is 52.7. The van der Waals surface area contributed by atoms with Gasteiger partial charge in [0.2, 0.25) is 0 Å². The SMILES string of the molecule is CC(C)(C)OC(=O)Nc1ccc(-c2cccs2)cc1CC(=O)c1ccc2c(c1)cc(C1CC1)n2CCN1CCOCC1.Nc1ccc(-c2cccs2)cc1CC(=O)c1ccc2c(c1)cc(C1CC1)n2CCN1CCOCC1. The van der Waals surface area contributed by atoms with Crippen LogP contribution in [0.25, 0.3) is 42.7 Å². The van der Waals surface area contributed by atoms with Crippen LogP contribution in [0.1, 0.15) is 102 Å². The van der Waals surface area contributed by atoms with Crippen LogP contribution in [0, 0.1) is 0 Å². The smallest absolute Gasteiger partial charge is 0.412 e. The molecule has 12 nitrogen and oxygen atoms in total. The summed E-state index contributed by atoms with van der Waals surface area (Å²) in [7, 11) is 0. The predicted molar refractivity (Wildman–Crippen MR) is 312 cm³/mol. The molecule has 12 rings (SSSR count). The van der Waals surface area contributed by atoms with Gasteiger partial charge in [-0.05, 0) is 176 Å². The van der Waals surface area contributed by atoms with Gasteiger partial charge >= 0.3 is 6.09 Å². The van der Waals surface area contributed by atoms with Crippen molar-refractivity contribution in [1.82, 2.24) is 18.9 Å². The van der Waals surface area contributed by atoms with E-state index in [4.69, 9.17) is 19.9 Å². The third kappa shape index (κ3) is 13.0. The molecule has 2 aliphatic heterocycles. The Bertz CT molecular complexity index is 3370. The Morgan fingerprint density at radius 1 is 0.597 bits per heavy atom. The quantitative estimate of drug-likeness (QED) is 0.0675. The fourth-order valence-electron chi connectivity index (χ4n) is 10.8. The first-order valence-electron chi connectivity index (χ1n) is 27.4. The van der Waals surface area contributed by atoms with Gasteiger partial charge in [-0.3, -0.25) is 24.7 Å². The first-order valence-corrected chi connectivity index (χ1v) is 29.2. The Morgan fingerprint density at radius 2 is 1.08 bits per heavy atom. The van der Waals surface area contributed by atoms with E-state index in [0.29, 0.717) is 35.2 Å². The molecule has 4 aliphatic rings. The van der Waals surface area contributed by atoms with Gasteiger partial charge in [0.1, 0.15) is 5.60 Å². The summed E-state index contributed by atoms with van der Waals surface area (Å²) in [6.45, 7) is 16.7. The van der Waals surface area contributed by atoms with Crippen LogP contribution in [0.15, 0.2) is 120 Å². The number of aromatic nitrogens is 2. The molecular weight excluding hydrogens is 1000 g/mol. The molecule has 0 bridgehead atoms. The van der Waals surface area contributed by atoms with Crippen molar-refractivity contribution in [2.75, 3.05) is 76.7 Å². The number of Topliss-reactive ketones (excluding diaryl/α,β-unsaturated/α-hetero) is 2. The maximum absolute atomic E-state index is 13.7. The molecule has 0 atom stereocenters. The number of amides is 1. The number of rotatable bonds is 17. The Labute approximate surface area is 459 Å². The number of ketones is 2. The third-order valence-corrected chi connectivity index (χ3v) is 17.0. The zero-order valence-electron chi connectivity index (χ0n) is 44.6. The molecule has 0 unspecified atom stereocenters. The second kappa shape index (κ2) is 23.3. The average Bonchev–Trinajstić information content (AvgIpc) is 4.26. The lowest BCUT2D eigenvalue weighted by atomic mass is 9.98. The van der Waals surface area contributed by atoms with Gasteiger partial charge < -0.3 is 29.1 Å². The molecular formula is C63H70N6O6S2. The van der Waals surface area contributed by atoms with E-state index < -0.39 is 11.7 Å². The number of nitrogens with zero attached hydrogens (tertiary/aromatic N) is 4. The molecule has 6 heterocycles. The fraction of sp³-hybridized carbons (Fsp3) is 0.381. The van der Waals surface area contributed by atoms with Gasteiger partial charge in [0.05, 0.1) is 26.4 Å². The summed E-state index contributed by atoms with van der Waals surface area (Å²) in [5.74, 6) is 1.39. The normalized spacial score (nSPS) is 16.4. The molecule has 1 amide bonds. The van der Waals surface area contributed by atoms with Crippen molar-refractivity contribution in [3.8, 4) is 20.9 Å². The van der Waals surface area contributed by atoms with Gasteiger partial charge in [-0.25, -0.2) is 4.79 Å². The minimum atomic E-state index is -0.621. The summed E-state index contributed by atoms with van der Waals surface area (Å²) >= 11 is 3.34. The van der Waals surface area contributed by atoms with E-state index in [-0.39, 0.29) is 18.0 Å². The predicted octanol–water partition coefficient (Wildman–Crippen LogP) is 12.9. The number of benzene rings is 4. The molecule has 4 aromatic heterocycles. The van der Waals surface area contributed by atoms with Crippen molar-refractivity contribution < 1.29 is 28.6 Å². The van der Waals surface area contributed by atoms with E-state index in [1.54, 1.807) is 22.7 Å². The number of nitrogens with two attached hydrogens (primary N) is 1. The Morgan fingerprint density at radius 3 is 1.55 bits per heavy atom. The summed E-state index contributed by atoms with van der Waals surface area (Å²) in [6.07, 6.45) is 4.93. The number of fused-ring (bicyclic) bond motifs is 2. The number of morpholine rings is 2. The van der Waals surface area contributed by atoms with Crippen molar-refractivity contribution in [3.63, 3.8) is 0 Å². The average molecular weight is 1070 g/mol. The summed E-state index contributed by atoms with van der Waals surface area (Å²) in [6, 6.07) is 37.0. The maximum atomic E-state index is 13.7. The van der Waals surface area contributed by atoms with Crippen molar-refractivity contribution in [3.05, 3.63) is 154 Å². The molecule has 14 heteroatoms. The number of anilines is 2. The van der Waals surface area contributed by atoms with E-state index in [2.05, 4.69) is 78.2 Å². The molecule has 2 saturated heterocycles. The molecule has 0 radical (unpaired) electrons. The summed E-state index contributed by atoms with van der Waals surface area (Å²) in [4.78, 5) is 46.9. The summed E-state index contributed by atoms with van der Waals surface area (Å²) < 4.78 is 21.5. The molecule has 8 aromatic rings. The van der Waals surface area contributed by atoms with Crippen LogP contribution in [0.4, 0.5) is 16.2 Å². The number of thiophene rings is 2. The highest BCUT2D eigenvalue weighted by molar-refractivity contribution is 7.13. The minimum absolute atomic E-state index is 0.0153. The van der Waals surface area contributed by atoms with Gasteiger partial charge in [-0.1, -0.05) is 24.3 Å². The Balaban J connectivity index is 0.000000166. The number of carbonyl (C=O) groups excluding carboxylic acids is 3. The lowest BCUT2D eigenvalue weighted by Gasteiger charge is -2.27. The number of carbonyl (C=O) groups is 3. The van der Waals surface area contributed by atoms with E-state index in [9.17, 15) is 14.4 Å². The lowest BCUT2D eigenvalue weighted by Crippen LogP contribution is -2.38. The van der Waals surface area contributed by atoms with Crippen molar-refractivity contribution in [2.45, 2.75) is 89.8 Å². The van der Waals surface area contributed by atoms with Crippen LogP contribution >= 0.6 is 22.7 Å². The van der Waals surface area contributed by atoms with Gasteiger partial charge in [-0.2, -0.15) is 0 Å².